The summed E-state index contributed by atoms with van der Waals surface area (Å²) in [6.45, 7) is 3.57. The molecule has 248 valence electrons. The number of ether oxygens (including phenoxy) is 1. The molecule has 2 aliphatic heterocycles. The van der Waals surface area contributed by atoms with Crippen molar-refractivity contribution in [3.63, 3.8) is 0 Å². The minimum absolute atomic E-state index is 0.00809. The van der Waals surface area contributed by atoms with E-state index in [9.17, 15) is 28.2 Å². The van der Waals surface area contributed by atoms with Gasteiger partial charge < -0.3 is 24.7 Å². The molecule has 1 spiro atoms. The highest BCUT2D eigenvalue weighted by atomic mass is 35.5. The molecule has 0 aromatic heterocycles. The molecule has 2 heterocycles. The van der Waals surface area contributed by atoms with E-state index >= 15 is 0 Å². The topological polar surface area (TPSA) is 150 Å². The highest BCUT2D eigenvalue weighted by Crippen LogP contribution is 2.46. The summed E-state index contributed by atoms with van der Waals surface area (Å²) in [5, 5.41) is 26.4. The Morgan fingerprint density at radius 3 is 2.67 bits per heavy atom. The van der Waals surface area contributed by atoms with Crippen molar-refractivity contribution in [2.75, 3.05) is 37.7 Å². The number of halogens is 1. The largest absolute Gasteiger partial charge is 0.490 e. The molecular weight excluding hydrogens is 630 g/mol. The molecule has 1 amide bonds. The number of aromatic carboxylic acids is 1. The zero-order valence-corrected chi connectivity index (χ0v) is 27.5. The molecule has 1 saturated carbocycles. The molecule has 2 aromatic rings. The summed E-state index contributed by atoms with van der Waals surface area (Å²) in [5.74, 6) is -0.719. The van der Waals surface area contributed by atoms with Gasteiger partial charge in [-0.05, 0) is 97.7 Å². The third-order valence-corrected chi connectivity index (χ3v) is 12.3. The van der Waals surface area contributed by atoms with E-state index in [4.69, 9.17) is 21.5 Å². The number of primary sulfonamides is 1. The number of carbonyl (C=O) groups excluding carboxylic acids is 1. The van der Waals surface area contributed by atoms with E-state index in [0.29, 0.717) is 43.4 Å². The van der Waals surface area contributed by atoms with Gasteiger partial charge in [-0.3, -0.25) is 4.79 Å². The van der Waals surface area contributed by atoms with E-state index in [1.807, 2.05) is 18.2 Å². The molecule has 10 nitrogen and oxygen atoms in total. The van der Waals surface area contributed by atoms with Crippen molar-refractivity contribution < 1.29 is 33.0 Å². The van der Waals surface area contributed by atoms with E-state index in [-0.39, 0.29) is 41.2 Å². The van der Waals surface area contributed by atoms with Crippen LogP contribution in [0.1, 0.15) is 60.5 Å². The predicted octanol–water partition coefficient (Wildman–Crippen LogP) is 3.98. The highest BCUT2D eigenvalue weighted by Gasteiger charge is 2.44. The number of carboxylic acid groups (broad SMARTS) is 1. The number of aryl methyl sites for hydroxylation is 1. The van der Waals surface area contributed by atoms with Crippen molar-refractivity contribution in [2.45, 2.75) is 62.2 Å². The van der Waals surface area contributed by atoms with Crippen LogP contribution in [0.5, 0.6) is 5.75 Å². The maximum Gasteiger partial charge on any atom is 0.335 e. The Balaban J connectivity index is 1.21. The second-order valence-electron chi connectivity index (χ2n) is 13.6. The molecule has 46 heavy (non-hydrogen) atoms. The quantitative estimate of drug-likeness (QED) is 0.357. The maximum absolute atomic E-state index is 12.2. The second kappa shape index (κ2) is 12.8. The number of aliphatic hydroxyl groups excluding tert-OH is 1. The Hall–Kier alpha value is -3.12. The van der Waals surface area contributed by atoms with E-state index in [0.717, 1.165) is 37.8 Å². The van der Waals surface area contributed by atoms with Crippen molar-refractivity contribution in [1.29, 1.82) is 0 Å². The SMILES string of the molecule is CC(=O)N1C[C@H](C/C=C/[C@H](O)[C@@H]2CC[C@H]2CN2C[C@@]3(CCCc4cc(Cl)ccc43)COc3ccc(C(=O)O)cc32)[C@@H](S(N)(=O)=O)C1. The van der Waals surface area contributed by atoms with Crippen LogP contribution in [0.3, 0.4) is 0 Å². The van der Waals surface area contributed by atoms with Crippen LogP contribution in [0, 0.1) is 17.8 Å². The van der Waals surface area contributed by atoms with Gasteiger partial charge in [0.05, 0.1) is 29.2 Å². The van der Waals surface area contributed by atoms with Crippen LogP contribution < -0.4 is 14.8 Å². The van der Waals surface area contributed by atoms with Gasteiger partial charge in [0.25, 0.3) is 0 Å². The molecule has 0 unspecified atom stereocenters. The number of fused-ring (bicyclic) bond motifs is 3. The number of carbonyl (C=O) groups is 2. The first kappa shape index (κ1) is 32.8. The number of anilines is 1. The Kier molecular flexibility index (Phi) is 9.14. The standard InChI is InChI=1S/C34H42ClN3O7S/c1-21(39)37-17-25(32(18-37)46(36,43)44)4-2-6-30(40)27-10-7-24(27)16-38-19-34(13-3-5-22-14-26(35)9-11-28(22)34)20-45-31-12-8-23(33(41)42)15-29(31)38/h2,6,8-9,11-12,14-15,24-25,27,30,32,40H,3-5,7,10,13,16-20H2,1H3,(H,41,42)(H2,36,43,44)/b6-2+/t24-,25-,27+,30-,32-,34-/m0/s1. The lowest BCUT2D eigenvalue weighted by atomic mass is 9.68. The Bertz CT molecular complexity index is 1650. The molecule has 4 N–H and O–H groups in total. The number of nitrogens with two attached hydrogens (primary N) is 1. The highest BCUT2D eigenvalue weighted by molar-refractivity contribution is 7.89. The maximum atomic E-state index is 12.2. The summed E-state index contributed by atoms with van der Waals surface area (Å²) in [5.41, 5.74) is 3.09. The number of amides is 1. The minimum Gasteiger partial charge on any atom is -0.490 e. The lowest BCUT2D eigenvalue weighted by molar-refractivity contribution is -0.127. The molecular formula is C34H42ClN3O7S. The van der Waals surface area contributed by atoms with Gasteiger partial charge >= 0.3 is 5.97 Å². The number of rotatable bonds is 8. The Morgan fingerprint density at radius 1 is 1.17 bits per heavy atom. The number of likely N-dealkylation sites (tertiary alicyclic amines) is 1. The summed E-state index contributed by atoms with van der Waals surface area (Å²) in [4.78, 5) is 27.6. The lowest BCUT2D eigenvalue weighted by Crippen LogP contribution is -2.49. The van der Waals surface area contributed by atoms with Crippen LogP contribution in [0.2, 0.25) is 5.02 Å². The minimum atomic E-state index is -3.82. The monoisotopic (exact) mass is 671 g/mol. The van der Waals surface area contributed by atoms with Crippen molar-refractivity contribution >= 4 is 39.2 Å². The van der Waals surface area contributed by atoms with Gasteiger partial charge in [0, 0.05) is 43.5 Å². The summed E-state index contributed by atoms with van der Waals surface area (Å²) >= 11 is 6.37. The van der Waals surface area contributed by atoms with Gasteiger partial charge in [-0.2, -0.15) is 0 Å². The summed E-state index contributed by atoms with van der Waals surface area (Å²) < 4.78 is 30.8. The fraction of sp³-hybridized carbons (Fsp3) is 0.529. The van der Waals surface area contributed by atoms with Crippen LogP contribution in [-0.2, 0) is 26.7 Å². The number of benzene rings is 2. The smallest absolute Gasteiger partial charge is 0.335 e. The number of allylic oxidation sites excluding steroid dienone is 1. The molecule has 1 saturated heterocycles. The van der Waals surface area contributed by atoms with Crippen LogP contribution >= 0.6 is 11.6 Å². The number of aliphatic hydroxyl groups is 1. The van der Waals surface area contributed by atoms with E-state index in [2.05, 4.69) is 11.0 Å². The van der Waals surface area contributed by atoms with Crippen molar-refractivity contribution in [1.82, 2.24) is 4.90 Å². The Labute approximate surface area is 275 Å². The molecule has 0 bridgehead atoms. The van der Waals surface area contributed by atoms with Gasteiger partial charge in [-0.15, -0.1) is 0 Å². The van der Waals surface area contributed by atoms with Crippen LogP contribution in [0.25, 0.3) is 0 Å². The van der Waals surface area contributed by atoms with E-state index < -0.39 is 27.3 Å². The molecule has 2 aliphatic carbocycles. The van der Waals surface area contributed by atoms with Gasteiger partial charge in [0.1, 0.15) is 5.75 Å². The number of nitrogens with zero attached hydrogens (tertiary/aromatic N) is 2. The van der Waals surface area contributed by atoms with Gasteiger partial charge in [-0.1, -0.05) is 29.8 Å². The summed E-state index contributed by atoms with van der Waals surface area (Å²) in [6, 6.07) is 11.1. The van der Waals surface area contributed by atoms with E-state index in [1.165, 1.54) is 23.0 Å². The van der Waals surface area contributed by atoms with Crippen LogP contribution in [-0.4, -0.2) is 79.5 Å². The molecule has 2 aromatic carbocycles. The lowest BCUT2D eigenvalue weighted by Gasteiger charge is -2.45. The summed E-state index contributed by atoms with van der Waals surface area (Å²) in [7, 11) is -3.82. The molecule has 2 fully saturated rings. The van der Waals surface area contributed by atoms with E-state index in [1.54, 1.807) is 24.3 Å². The third-order valence-electron chi connectivity index (χ3n) is 10.7. The number of carboxylic acids is 1. The van der Waals surface area contributed by atoms with Gasteiger partial charge in [-0.25, -0.2) is 18.4 Å². The van der Waals surface area contributed by atoms with Crippen molar-refractivity contribution in [2.24, 2.45) is 22.9 Å². The fourth-order valence-electron chi connectivity index (χ4n) is 8.03. The summed E-state index contributed by atoms with van der Waals surface area (Å²) in [6.07, 6.45) is 7.87. The molecule has 0 radical (unpaired) electrons. The number of sulfonamides is 1. The normalized spacial score (nSPS) is 28.3. The van der Waals surface area contributed by atoms with Crippen molar-refractivity contribution in [3.05, 3.63) is 70.3 Å². The molecule has 6 atom stereocenters. The average molecular weight is 672 g/mol. The molecule has 12 heteroatoms. The zero-order chi connectivity index (χ0) is 32.8. The fourth-order valence-corrected chi connectivity index (χ4v) is 9.35. The first-order chi connectivity index (χ1) is 21.8. The first-order valence-electron chi connectivity index (χ1n) is 16.0. The second-order valence-corrected chi connectivity index (χ2v) is 15.8. The Morgan fingerprint density at radius 2 is 1.98 bits per heavy atom. The van der Waals surface area contributed by atoms with Crippen LogP contribution in [0.15, 0.2) is 48.6 Å². The number of hydrogen-bond donors (Lipinski definition) is 3. The molecule has 4 aliphatic rings. The van der Waals surface area contributed by atoms with Gasteiger partial charge in [0.15, 0.2) is 0 Å². The first-order valence-corrected chi connectivity index (χ1v) is 18.0. The predicted molar refractivity (Wildman–Crippen MR) is 176 cm³/mol. The van der Waals surface area contributed by atoms with Gasteiger partial charge in [0.2, 0.25) is 15.9 Å². The third kappa shape index (κ3) is 6.52. The average Bonchev–Trinajstić information content (AvgIpc) is 3.36. The molecule has 6 rings (SSSR count). The number of hydrogen-bond acceptors (Lipinski definition) is 7. The van der Waals surface area contributed by atoms with Crippen molar-refractivity contribution in [3.8, 4) is 5.75 Å². The zero-order valence-electron chi connectivity index (χ0n) is 26.0. The van der Waals surface area contributed by atoms with Crippen LogP contribution in [0.4, 0.5) is 5.69 Å².